The summed E-state index contributed by atoms with van der Waals surface area (Å²) < 4.78 is 4.73. The zero-order valence-electron chi connectivity index (χ0n) is 10.1. The lowest BCUT2D eigenvalue weighted by atomic mass is 10.1. The largest absolute Gasteiger partial charge is 0.450 e. The van der Waals surface area contributed by atoms with E-state index in [2.05, 4.69) is 10.3 Å². The number of pyridine rings is 1. The molecule has 0 saturated carbocycles. The van der Waals surface area contributed by atoms with Gasteiger partial charge < -0.3 is 4.74 Å². The lowest BCUT2D eigenvalue weighted by Crippen LogP contribution is -2.15. The lowest BCUT2D eigenvalue weighted by molar-refractivity contribution is -0.383. The maximum Gasteiger partial charge on any atom is 0.411 e. The number of aromatic nitrogens is 1. The first-order chi connectivity index (χ1) is 9.13. The monoisotopic (exact) mass is 261 g/mol. The molecule has 0 spiro atoms. The van der Waals surface area contributed by atoms with E-state index in [0.717, 1.165) is 0 Å². The van der Waals surface area contributed by atoms with E-state index in [0.29, 0.717) is 10.9 Å². The Balaban J connectivity index is 2.56. The van der Waals surface area contributed by atoms with Crippen LogP contribution >= 0.6 is 0 Å². The molecule has 1 amide bonds. The highest BCUT2D eigenvalue weighted by atomic mass is 16.6. The molecule has 2 aromatic rings. The summed E-state index contributed by atoms with van der Waals surface area (Å²) in [6, 6.07) is 6.37. The molecule has 1 aromatic carbocycles. The Bertz CT molecular complexity index is 642. The molecule has 0 fully saturated rings. The smallest absolute Gasteiger partial charge is 0.411 e. The number of fused-ring (bicyclic) bond motifs is 1. The van der Waals surface area contributed by atoms with Crippen molar-refractivity contribution in [1.29, 1.82) is 0 Å². The Morgan fingerprint density at radius 1 is 1.47 bits per heavy atom. The van der Waals surface area contributed by atoms with Crippen molar-refractivity contribution in [3.63, 3.8) is 0 Å². The van der Waals surface area contributed by atoms with Crippen LogP contribution in [0.15, 0.2) is 30.5 Å². The summed E-state index contributed by atoms with van der Waals surface area (Å²) in [6.07, 6.45) is 0.756. The quantitative estimate of drug-likeness (QED) is 0.677. The molecule has 0 aliphatic rings. The Morgan fingerprint density at radius 3 is 2.95 bits per heavy atom. The Labute approximate surface area is 108 Å². The van der Waals surface area contributed by atoms with Crippen LogP contribution in [0.3, 0.4) is 0 Å². The number of nitrogens with one attached hydrogen (secondary N) is 1. The van der Waals surface area contributed by atoms with Gasteiger partial charge in [-0.05, 0) is 19.1 Å². The molecule has 7 nitrogen and oxygen atoms in total. The number of carbonyl (C=O) groups is 1. The lowest BCUT2D eigenvalue weighted by Gasteiger charge is -2.08. The molecule has 0 aliphatic carbocycles. The Hall–Kier alpha value is -2.70. The van der Waals surface area contributed by atoms with Gasteiger partial charge in [0.2, 0.25) is 0 Å². The summed E-state index contributed by atoms with van der Waals surface area (Å²) in [6.45, 7) is 1.83. The molecule has 0 atom stereocenters. The van der Waals surface area contributed by atoms with E-state index in [4.69, 9.17) is 4.74 Å². The number of carbonyl (C=O) groups excluding carboxylic acids is 1. The van der Waals surface area contributed by atoms with Gasteiger partial charge in [0, 0.05) is 17.6 Å². The molecular weight excluding hydrogens is 250 g/mol. The average Bonchev–Trinajstić information content (AvgIpc) is 2.39. The van der Waals surface area contributed by atoms with Crippen molar-refractivity contribution in [1.82, 2.24) is 4.98 Å². The van der Waals surface area contributed by atoms with E-state index >= 15 is 0 Å². The van der Waals surface area contributed by atoms with E-state index in [1.165, 1.54) is 12.3 Å². The maximum absolute atomic E-state index is 11.4. The number of rotatable bonds is 3. The SMILES string of the molecule is CCOC(=O)Nc1c([N+](=O)[O-])ccc2cccnc12. The van der Waals surface area contributed by atoms with Gasteiger partial charge in [-0.2, -0.15) is 0 Å². The third-order valence-electron chi connectivity index (χ3n) is 2.45. The first-order valence-corrected chi connectivity index (χ1v) is 5.59. The number of hydrogen-bond acceptors (Lipinski definition) is 5. The first-order valence-electron chi connectivity index (χ1n) is 5.59. The minimum atomic E-state index is -0.747. The van der Waals surface area contributed by atoms with Crippen molar-refractivity contribution >= 4 is 28.4 Å². The predicted octanol–water partition coefficient (Wildman–Crippen LogP) is 2.71. The molecule has 1 heterocycles. The number of amides is 1. The number of nitro groups is 1. The van der Waals surface area contributed by atoms with Gasteiger partial charge in [0.1, 0.15) is 11.2 Å². The zero-order valence-corrected chi connectivity index (χ0v) is 10.1. The summed E-state index contributed by atoms with van der Waals surface area (Å²) in [5.41, 5.74) is 0.172. The fraction of sp³-hybridized carbons (Fsp3) is 0.167. The summed E-state index contributed by atoms with van der Waals surface area (Å²) in [5, 5.41) is 14.1. The molecular formula is C12H11N3O4. The van der Waals surface area contributed by atoms with E-state index in [1.54, 1.807) is 25.1 Å². The second-order valence-corrected chi connectivity index (χ2v) is 3.64. The van der Waals surface area contributed by atoms with Gasteiger partial charge in [-0.25, -0.2) is 4.79 Å². The Kier molecular flexibility index (Phi) is 3.56. The standard InChI is InChI=1S/C12H11N3O4/c1-2-19-12(16)14-11-9(15(17)18)6-5-8-4-3-7-13-10(8)11/h3-7H,2H2,1H3,(H,14,16). The van der Waals surface area contributed by atoms with Gasteiger partial charge in [0.25, 0.3) is 5.69 Å². The molecule has 0 unspecified atom stereocenters. The normalized spacial score (nSPS) is 10.2. The summed E-state index contributed by atoms with van der Waals surface area (Å²) >= 11 is 0. The minimum Gasteiger partial charge on any atom is -0.450 e. The van der Waals surface area contributed by atoms with Gasteiger partial charge in [-0.3, -0.25) is 20.4 Å². The van der Waals surface area contributed by atoms with Crippen LogP contribution in [0.2, 0.25) is 0 Å². The van der Waals surface area contributed by atoms with E-state index in [9.17, 15) is 14.9 Å². The number of nitro benzene ring substituents is 1. The second-order valence-electron chi connectivity index (χ2n) is 3.64. The van der Waals surface area contributed by atoms with Gasteiger partial charge in [0.15, 0.2) is 0 Å². The van der Waals surface area contributed by atoms with Crippen LogP contribution in [0, 0.1) is 10.1 Å². The van der Waals surface area contributed by atoms with Crippen LogP contribution < -0.4 is 5.32 Å². The highest BCUT2D eigenvalue weighted by Crippen LogP contribution is 2.31. The van der Waals surface area contributed by atoms with Crippen LogP contribution in [0.1, 0.15) is 6.92 Å². The summed E-state index contributed by atoms with van der Waals surface area (Å²) in [5.74, 6) is 0. The van der Waals surface area contributed by atoms with Gasteiger partial charge in [-0.1, -0.05) is 6.07 Å². The third kappa shape index (κ3) is 2.59. The molecule has 0 aliphatic heterocycles. The second kappa shape index (κ2) is 5.30. The predicted molar refractivity (Wildman–Crippen MR) is 69.0 cm³/mol. The van der Waals surface area contributed by atoms with Crippen molar-refractivity contribution in [2.45, 2.75) is 6.92 Å². The molecule has 1 N–H and O–H groups in total. The molecule has 0 radical (unpaired) electrons. The van der Waals surface area contributed by atoms with Crippen molar-refractivity contribution in [2.75, 3.05) is 11.9 Å². The third-order valence-corrected chi connectivity index (χ3v) is 2.45. The molecule has 98 valence electrons. The minimum absolute atomic E-state index is 0.0431. The Morgan fingerprint density at radius 2 is 2.26 bits per heavy atom. The fourth-order valence-electron chi connectivity index (χ4n) is 1.68. The van der Waals surface area contributed by atoms with Crippen molar-refractivity contribution < 1.29 is 14.5 Å². The molecule has 19 heavy (non-hydrogen) atoms. The summed E-state index contributed by atoms with van der Waals surface area (Å²) in [7, 11) is 0. The maximum atomic E-state index is 11.4. The van der Waals surface area contributed by atoms with Gasteiger partial charge in [-0.15, -0.1) is 0 Å². The van der Waals surface area contributed by atoms with Crippen LogP contribution in [-0.2, 0) is 4.74 Å². The van der Waals surface area contributed by atoms with Gasteiger partial charge >= 0.3 is 6.09 Å². The van der Waals surface area contributed by atoms with Gasteiger partial charge in [0.05, 0.1) is 11.5 Å². The van der Waals surface area contributed by atoms with Crippen LogP contribution in [0.25, 0.3) is 10.9 Å². The van der Waals surface area contributed by atoms with Crippen molar-refractivity contribution in [3.8, 4) is 0 Å². The van der Waals surface area contributed by atoms with E-state index in [1.807, 2.05) is 0 Å². The number of hydrogen-bond donors (Lipinski definition) is 1. The number of nitrogens with zero attached hydrogens (tertiary/aromatic N) is 2. The molecule has 2 rings (SSSR count). The molecule has 0 bridgehead atoms. The van der Waals surface area contributed by atoms with Crippen molar-refractivity contribution in [3.05, 3.63) is 40.6 Å². The highest BCUT2D eigenvalue weighted by Gasteiger charge is 2.20. The molecule has 1 aromatic heterocycles. The molecule has 0 saturated heterocycles. The van der Waals surface area contributed by atoms with E-state index in [-0.39, 0.29) is 18.0 Å². The molecule has 7 heteroatoms. The van der Waals surface area contributed by atoms with Crippen LogP contribution in [0.4, 0.5) is 16.2 Å². The van der Waals surface area contributed by atoms with E-state index < -0.39 is 11.0 Å². The zero-order chi connectivity index (χ0) is 13.8. The fourth-order valence-corrected chi connectivity index (χ4v) is 1.68. The average molecular weight is 261 g/mol. The topological polar surface area (TPSA) is 94.4 Å². The highest BCUT2D eigenvalue weighted by molar-refractivity contribution is 6.01. The number of ether oxygens (including phenoxy) is 1. The number of benzene rings is 1. The van der Waals surface area contributed by atoms with Crippen LogP contribution in [0.5, 0.6) is 0 Å². The first kappa shape index (κ1) is 12.7. The van der Waals surface area contributed by atoms with Crippen LogP contribution in [-0.4, -0.2) is 22.6 Å². The number of anilines is 1. The summed E-state index contributed by atoms with van der Waals surface area (Å²) in [4.78, 5) is 25.9. The van der Waals surface area contributed by atoms with Crippen molar-refractivity contribution in [2.24, 2.45) is 0 Å².